The van der Waals surface area contributed by atoms with Gasteiger partial charge in [0.2, 0.25) is 10.0 Å². The zero-order chi connectivity index (χ0) is 25.4. The van der Waals surface area contributed by atoms with Gasteiger partial charge in [-0.05, 0) is 42.5 Å². The van der Waals surface area contributed by atoms with Gasteiger partial charge in [0.25, 0.3) is 5.91 Å². The fourth-order valence-electron chi connectivity index (χ4n) is 3.82. The van der Waals surface area contributed by atoms with Crippen LogP contribution in [0.25, 0.3) is 38.9 Å². The van der Waals surface area contributed by atoms with Crippen LogP contribution in [-0.2, 0) is 14.8 Å². The summed E-state index contributed by atoms with van der Waals surface area (Å²) in [7, 11) is -2.39. The number of amides is 1. The maximum Gasteiger partial charge on any atom is 0.338 e. The van der Waals surface area contributed by atoms with E-state index in [-0.39, 0.29) is 11.1 Å². The fourth-order valence-corrected chi connectivity index (χ4v) is 4.27. The van der Waals surface area contributed by atoms with Crippen molar-refractivity contribution in [1.29, 1.82) is 0 Å². The van der Waals surface area contributed by atoms with Gasteiger partial charge in [-0.15, -0.1) is 10.2 Å². The Balaban J connectivity index is 1.63. The van der Waals surface area contributed by atoms with E-state index in [1.807, 2.05) is 35.1 Å². The number of pyridine rings is 1. The fraction of sp³-hybridized carbons (Fsp3) is 0.0800. The summed E-state index contributed by atoms with van der Waals surface area (Å²) in [6.45, 7) is 0. The number of carbonyl (C=O) groups excluding carboxylic acids is 2. The number of rotatable bonds is 5. The van der Waals surface area contributed by atoms with Crippen LogP contribution in [0.4, 0.5) is 0 Å². The Morgan fingerprint density at radius 2 is 1.61 bits per heavy atom. The number of aromatic nitrogens is 4. The minimum absolute atomic E-state index is 0.164. The molecule has 0 aliphatic heterocycles. The molecule has 36 heavy (non-hydrogen) atoms. The molecule has 11 heteroatoms. The number of nitrogens with one attached hydrogen (secondary N) is 1. The topological polar surface area (TPSA) is 133 Å². The van der Waals surface area contributed by atoms with Crippen molar-refractivity contribution in [3.63, 3.8) is 0 Å². The van der Waals surface area contributed by atoms with Crippen molar-refractivity contribution < 1.29 is 22.7 Å². The SMILES string of the molecule is COC(=O)c1cc(-c2ccc(C(=O)NS(C)(=O)=O)cc2)nc2ccc3nn(-c4ccccc4)nc3c12. The van der Waals surface area contributed by atoms with Crippen LogP contribution in [0.3, 0.4) is 0 Å². The van der Waals surface area contributed by atoms with Crippen LogP contribution in [0, 0.1) is 0 Å². The molecule has 3 aromatic carbocycles. The first-order valence-electron chi connectivity index (χ1n) is 10.7. The molecule has 0 unspecified atom stereocenters. The van der Waals surface area contributed by atoms with E-state index in [0.29, 0.717) is 33.2 Å². The van der Waals surface area contributed by atoms with Gasteiger partial charge in [0.05, 0.1) is 35.8 Å². The summed E-state index contributed by atoms with van der Waals surface area (Å²) in [5, 5.41) is 9.66. The van der Waals surface area contributed by atoms with Gasteiger partial charge in [-0.1, -0.05) is 30.3 Å². The molecule has 10 nitrogen and oxygen atoms in total. The minimum Gasteiger partial charge on any atom is -0.465 e. The second kappa shape index (κ2) is 8.86. The predicted molar refractivity (Wildman–Crippen MR) is 133 cm³/mol. The number of hydrogen-bond donors (Lipinski definition) is 1. The molecule has 2 heterocycles. The molecule has 0 aliphatic rings. The number of para-hydroxylation sites is 1. The van der Waals surface area contributed by atoms with E-state index in [1.165, 1.54) is 24.0 Å². The molecule has 180 valence electrons. The van der Waals surface area contributed by atoms with Crippen molar-refractivity contribution in [2.24, 2.45) is 0 Å². The van der Waals surface area contributed by atoms with Crippen molar-refractivity contribution in [2.45, 2.75) is 0 Å². The van der Waals surface area contributed by atoms with Crippen LogP contribution in [0.5, 0.6) is 0 Å². The van der Waals surface area contributed by atoms with Crippen LogP contribution in [0.2, 0.25) is 0 Å². The van der Waals surface area contributed by atoms with Gasteiger partial charge >= 0.3 is 5.97 Å². The Morgan fingerprint density at radius 1 is 0.917 bits per heavy atom. The van der Waals surface area contributed by atoms with Gasteiger partial charge in [0, 0.05) is 16.5 Å². The molecule has 0 fully saturated rings. The highest BCUT2D eigenvalue weighted by atomic mass is 32.2. The molecule has 0 spiro atoms. The minimum atomic E-state index is -3.69. The third-order valence-electron chi connectivity index (χ3n) is 5.44. The molecule has 1 N–H and O–H groups in total. The van der Waals surface area contributed by atoms with Crippen LogP contribution >= 0.6 is 0 Å². The Morgan fingerprint density at radius 3 is 2.28 bits per heavy atom. The third kappa shape index (κ3) is 4.39. The number of benzene rings is 3. The quantitative estimate of drug-likeness (QED) is 0.363. The molecule has 0 radical (unpaired) electrons. The van der Waals surface area contributed by atoms with Crippen molar-refractivity contribution in [3.05, 3.63) is 83.9 Å². The van der Waals surface area contributed by atoms with Crippen molar-refractivity contribution >= 4 is 43.8 Å². The first-order valence-corrected chi connectivity index (χ1v) is 12.6. The molecule has 0 aliphatic carbocycles. The van der Waals surface area contributed by atoms with E-state index in [4.69, 9.17) is 9.72 Å². The number of sulfonamides is 1. The van der Waals surface area contributed by atoms with E-state index >= 15 is 0 Å². The average molecular weight is 502 g/mol. The van der Waals surface area contributed by atoms with Crippen molar-refractivity contribution in [2.75, 3.05) is 13.4 Å². The van der Waals surface area contributed by atoms with E-state index in [1.54, 1.807) is 30.3 Å². The van der Waals surface area contributed by atoms with Gasteiger partial charge < -0.3 is 4.74 Å². The summed E-state index contributed by atoms with van der Waals surface area (Å²) < 4.78 is 29.6. The standard InChI is InChI=1S/C25H19N5O5S/c1-35-25(32)18-14-21(15-8-10-16(11-9-15)24(31)29-36(2,33)34)26-19-12-13-20-23(22(18)19)28-30(27-20)17-6-4-3-5-7-17/h3-14H,1-2H3,(H,29,31). The zero-order valence-corrected chi connectivity index (χ0v) is 20.0. The van der Waals surface area contributed by atoms with Crippen LogP contribution < -0.4 is 4.72 Å². The summed E-state index contributed by atoms with van der Waals surface area (Å²) in [6, 6.07) is 20.7. The molecule has 0 atom stereocenters. The van der Waals surface area contributed by atoms with Gasteiger partial charge in [-0.3, -0.25) is 4.79 Å². The molecule has 2 aromatic heterocycles. The number of esters is 1. The summed E-state index contributed by atoms with van der Waals surface area (Å²) in [6.07, 6.45) is 0.905. The third-order valence-corrected chi connectivity index (χ3v) is 5.99. The first kappa shape index (κ1) is 23.1. The molecule has 0 bridgehead atoms. The summed E-state index contributed by atoms with van der Waals surface area (Å²) in [5.74, 6) is -1.30. The highest BCUT2D eigenvalue weighted by molar-refractivity contribution is 7.89. The Labute approximate surface area is 205 Å². The lowest BCUT2D eigenvalue weighted by Gasteiger charge is -2.09. The summed E-state index contributed by atoms with van der Waals surface area (Å²) >= 11 is 0. The van der Waals surface area contributed by atoms with E-state index in [9.17, 15) is 18.0 Å². The van der Waals surface area contributed by atoms with Gasteiger partial charge in [-0.2, -0.15) is 4.80 Å². The van der Waals surface area contributed by atoms with E-state index in [2.05, 4.69) is 10.2 Å². The lowest BCUT2D eigenvalue weighted by Crippen LogP contribution is -2.29. The molecule has 0 saturated carbocycles. The highest BCUT2D eigenvalue weighted by Gasteiger charge is 2.20. The van der Waals surface area contributed by atoms with Gasteiger partial charge in [-0.25, -0.2) is 22.9 Å². The Kier molecular flexibility index (Phi) is 5.69. The number of nitrogens with zero attached hydrogens (tertiary/aromatic N) is 4. The number of ether oxygens (including phenoxy) is 1. The highest BCUT2D eigenvalue weighted by Crippen LogP contribution is 2.30. The normalized spacial score (nSPS) is 11.5. The van der Waals surface area contributed by atoms with Crippen LogP contribution in [0.15, 0.2) is 72.8 Å². The second-order valence-corrected chi connectivity index (χ2v) is 9.73. The summed E-state index contributed by atoms with van der Waals surface area (Å²) in [5.41, 5.74) is 3.89. The average Bonchev–Trinajstić information content (AvgIpc) is 3.32. The smallest absolute Gasteiger partial charge is 0.338 e. The second-order valence-electron chi connectivity index (χ2n) is 7.98. The zero-order valence-electron chi connectivity index (χ0n) is 19.2. The number of fused-ring (bicyclic) bond motifs is 3. The molecule has 5 rings (SSSR count). The number of carbonyl (C=O) groups is 2. The lowest BCUT2D eigenvalue weighted by atomic mass is 10.0. The maximum atomic E-state index is 12.8. The molecular weight excluding hydrogens is 482 g/mol. The van der Waals surface area contributed by atoms with Crippen molar-refractivity contribution in [3.8, 4) is 16.9 Å². The molecule has 0 saturated heterocycles. The predicted octanol–water partition coefficient (Wildman–Crippen LogP) is 3.11. The van der Waals surface area contributed by atoms with Crippen LogP contribution in [-0.4, -0.2) is 53.6 Å². The van der Waals surface area contributed by atoms with Gasteiger partial charge in [0.15, 0.2) is 0 Å². The van der Waals surface area contributed by atoms with E-state index < -0.39 is 21.9 Å². The number of methoxy groups -OCH3 is 1. The number of hydrogen-bond acceptors (Lipinski definition) is 8. The largest absolute Gasteiger partial charge is 0.465 e. The van der Waals surface area contributed by atoms with E-state index in [0.717, 1.165) is 11.9 Å². The molecular formula is C25H19N5O5S. The van der Waals surface area contributed by atoms with Crippen LogP contribution in [0.1, 0.15) is 20.7 Å². The molecule has 1 amide bonds. The summed E-state index contributed by atoms with van der Waals surface area (Å²) in [4.78, 5) is 31.1. The van der Waals surface area contributed by atoms with Gasteiger partial charge in [0.1, 0.15) is 11.0 Å². The first-order chi connectivity index (χ1) is 17.2. The lowest BCUT2D eigenvalue weighted by molar-refractivity contribution is 0.0603. The monoisotopic (exact) mass is 501 g/mol. The molecule has 5 aromatic rings. The maximum absolute atomic E-state index is 12.8. The van der Waals surface area contributed by atoms with Crippen molar-refractivity contribution in [1.82, 2.24) is 24.7 Å². The Bertz CT molecular complexity index is 1750. The Hall–Kier alpha value is -4.64.